The van der Waals surface area contributed by atoms with Crippen molar-refractivity contribution in [2.45, 2.75) is 33.7 Å². The molecule has 7 nitrogen and oxygen atoms in total. The highest BCUT2D eigenvalue weighted by molar-refractivity contribution is 5.64. The van der Waals surface area contributed by atoms with Crippen LogP contribution in [0, 0.1) is 24.4 Å². The molecule has 1 N–H and O–H groups in total. The predicted octanol–water partition coefficient (Wildman–Crippen LogP) is 5.14. The van der Waals surface area contributed by atoms with Crippen LogP contribution in [-0.4, -0.2) is 29.0 Å². The van der Waals surface area contributed by atoms with Gasteiger partial charge in [-0.3, -0.25) is 4.79 Å². The number of halogens is 5. The summed E-state index contributed by atoms with van der Waals surface area (Å²) in [5, 5.41) is 6.37. The van der Waals surface area contributed by atoms with E-state index in [1.54, 1.807) is 13.0 Å². The summed E-state index contributed by atoms with van der Waals surface area (Å²) in [6.45, 7) is 5.20. The van der Waals surface area contributed by atoms with Crippen molar-refractivity contribution in [3.8, 4) is 11.5 Å². The third-order valence-corrected chi connectivity index (χ3v) is 4.46. The Bertz CT molecular complexity index is 1190. The molecule has 0 radical (unpaired) electrons. The molecular weight excluding hydrogens is 463 g/mol. The van der Waals surface area contributed by atoms with Gasteiger partial charge in [-0.1, -0.05) is 13.8 Å². The minimum atomic E-state index is -3.24. The zero-order valence-corrected chi connectivity index (χ0v) is 19.1. The van der Waals surface area contributed by atoms with E-state index in [0.717, 1.165) is 4.68 Å². The van der Waals surface area contributed by atoms with Crippen LogP contribution in [-0.2, 0) is 6.54 Å². The van der Waals surface area contributed by atoms with Crippen molar-refractivity contribution < 1.29 is 31.4 Å². The molecule has 184 valence electrons. The largest absolute Gasteiger partial charge is 0.493 e. The molecule has 1 aromatic heterocycles. The monoisotopic (exact) mass is 486 g/mol. The van der Waals surface area contributed by atoms with Crippen LogP contribution in [0.1, 0.15) is 37.1 Å². The van der Waals surface area contributed by atoms with E-state index in [4.69, 9.17) is 9.47 Å². The van der Waals surface area contributed by atoms with Gasteiger partial charge in [-0.2, -0.15) is 10.1 Å². The molecule has 3 aromatic rings. The number of nitrogens with zero attached hydrogens (tertiary/aromatic N) is 3. The lowest BCUT2D eigenvalue weighted by Crippen LogP contribution is -2.25. The Labute approximate surface area is 192 Å². The van der Waals surface area contributed by atoms with Crippen molar-refractivity contribution in [3.05, 3.63) is 68.9 Å². The maximum absolute atomic E-state index is 13.6. The van der Waals surface area contributed by atoms with Gasteiger partial charge in [0.25, 0.3) is 6.43 Å². The molecule has 0 bridgehead atoms. The number of nitrogens with one attached hydrogen (secondary N) is 1. The van der Waals surface area contributed by atoms with Crippen molar-refractivity contribution in [2.24, 2.45) is 0 Å². The fourth-order valence-corrected chi connectivity index (χ4v) is 2.88. The van der Waals surface area contributed by atoms with Crippen LogP contribution in [0.4, 0.5) is 33.6 Å². The molecule has 2 aromatic carbocycles. The van der Waals surface area contributed by atoms with Gasteiger partial charge in [-0.25, -0.2) is 26.6 Å². The summed E-state index contributed by atoms with van der Waals surface area (Å²) < 4.78 is 78.1. The lowest BCUT2D eigenvalue weighted by atomic mass is 10.1. The number of hydrogen-bond acceptors (Lipinski definition) is 6. The van der Waals surface area contributed by atoms with Gasteiger partial charge in [0.1, 0.15) is 0 Å². The number of hydrogen-bond donors (Lipinski definition) is 1. The molecule has 0 aliphatic rings. The zero-order valence-electron chi connectivity index (χ0n) is 19.1. The topological polar surface area (TPSA) is 78.3 Å². The molecule has 0 saturated heterocycles. The first-order chi connectivity index (χ1) is 16.1. The average Bonchev–Trinajstić information content (AvgIpc) is 2.81. The molecule has 1 heterocycles. The SMILES string of the molecule is CC.COc1cc(C)c(Nc2nc(=O)c(C(F)F)nn2Cc2cc(F)c(F)c(F)c2)cc1OC. The van der Waals surface area contributed by atoms with Crippen LogP contribution >= 0.6 is 0 Å². The van der Waals surface area contributed by atoms with Crippen molar-refractivity contribution >= 4 is 11.6 Å². The molecule has 0 atom stereocenters. The fraction of sp³-hybridized carbons (Fsp3) is 0.318. The van der Waals surface area contributed by atoms with Crippen molar-refractivity contribution in [2.75, 3.05) is 19.5 Å². The molecule has 34 heavy (non-hydrogen) atoms. The third kappa shape index (κ3) is 5.80. The van der Waals surface area contributed by atoms with E-state index in [9.17, 15) is 26.7 Å². The van der Waals surface area contributed by atoms with E-state index in [0.29, 0.717) is 34.9 Å². The van der Waals surface area contributed by atoms with E-state index in [1.165, 1.54) is 20.3 Å². The molecule has 0 unspecified atom stereocenters. The molecule has 3 rings (SSSR count). The van der Waals surface area contributed by atoms with Gasteiger partial charge in [-0.05, 0) is 36.2 Å². The minimum absolute atomic E-state index is 0.133. The van der Waals surface area contributed by atoms with Crippen LogP contribution < -0.4 is 20.3 Å². The molecule has 0 fully saturated rings. The summed E-state index contributed by atoms with van der Waals surface area (Å²) in [6, 6.07) is 4.51. The standard InChI is InChI=1S/C20H17F5N4O3.C2H6/c1-9-4-14(31-2)15(32-3)7-13(9)26-20-27-19(30)17(18(24)25)28-29(20)8-10-5-11(21)16(23)12(22)6-10;1-2/h4-7,18H,8H2,1-3H3,(H,26,27,30);1-2H3. The van der Waals surface area contributed by atoms with E-state index in [1.807, 2.05) is 13.8 Å². The van der Waals surface area contributed by atoms with E-state index in [-0.39, 0.29) is 11.5 Å². The van der Waals surface area contributed by atoms with Gasteiger partial charge in [-0.15, -0.1) is 0 Å². The Morgan fingerprint density at radius 3 is 2.09 bits per heavy atom. The summed E-state index contributed by atoms with van der Waals surface area (Å²) in [4.78, 5) is 15.6. The van der Waals surface area contributed by atoms with Gasteiger partial charge in [0.2, 0.25) is 5.95 Å². The Morgan fingerprint density at radius 2 is 1.56 bits per heavy atom. The first-order valence-corrected chi connectivity index (χ1v) is 10.0. The third-order valence-electron chi connectivity index (χ3n) is 4.46. The quantitative estimate of drug-likeness (QED) is 0.368. The molecule has 0 saturated carbocycles. The normalized spacial score (nSPS) is 10.6. The predicted molar refractivity (Wildman–Crippen MR) is 116 cm³/mol. The number of aromatic nitrogens is 3. The van der Waals surface area contributed by atoms with Crippen LogP contribution in [0.2, 0.25) is 0 Å². The molecule has 12 heteroatoms. The minimum Gasteiger partial charge on any atom is -0.493 e. The smallest absolute Gasteiger partial charge is 0.302 e. The second-order valence-electron chi connectivity index (χ2n) is 6.60. The molecular formula is C22H23F5N4O3. The summed E-state index contributed by atoms with van der Waals surface area (Å²) >= 11 is 0. The Kier molecular flexibility index (Phi) is 8.93. The van der Waals surface area contributed by atoms with E-state index < -0.39 is 41.7 Å². The number of ether oxygens (including phenoxy) is 2. The maximum atomic E-state index is 13.6. The molecule has 0 amide bonds. The highest BCUT2D eigenvalue weighted by Gasteiger charge is 2.20. The Morgan fingerprint density at radius 1 is 1.00 bits per heavy atom. The van der Waals surface area contributed by atoms with Crippen molar-refractivity contribution in [1.29, 1.82) is 0 Å². The summed E-state index contributed by atoms with van der Waals surface area (Å²) in [5.74, 6) is -4.15. The first kappa shape index (κ1) is 26.6. The Hall–Kier alpha value is -3.70. The number of anilines is 2. The fourth-order valence-electron chi connectivity index (χ4n) is 2.88. The number of rotatable bonds is 7. The van der Waals surface area contributed by atoms with Crippen molar-refractivity contribution in [3.63, 3.8) is 0 Å². The molecule has 0 spiro atoms. The van der Waals surface area contributed by atoms with E-state index in [2.05, 4.69) is 15.4 Å². The highest BCUT2D eigenvalue weighted by Crippen LogP contribution is 2.34. The number of methoxy groups -OCH3 is 2. The summed E-state index contributed by atoms with van der Waals surface area (Å²) in [6.07, 6.45) is -3.24. The first-order valence-electron chi connectivity index (χ1n) is 10.0. The lowest BCUT2D eigenvalue weighted by Gasteiger charge is -2.17. The Balaban J connectivity index is 0.00000199. The second kappa shape index (κ2) is 11.4. The van der Waals surface area contributed by atoms with Crippen molar-refractivity contribution in [1.82, 2.24) is 14.8 Å². The number of aryl methyl sites for hydroxylation is 1. The average molecular weight is 486 g/mol. The molecule has 0 aliphatic heterocycles. The van der Waals surface area contributed by atoms with Gasteiger partial charge >= 0.3 is 5.56 Å². The molecule has 0 aliphatic carbocycles. The highest BCUT2D eigenvalue weighted by atomic mass is 19.3. The summed E-state index contributed by atoms with van der Waals surface area (Å²) in [5.41, 5.74) is -1.59. The second-order valence-corrected chi connectivity index (χ2v) is 6.60. The van der Waals surface area contributed by atoms with Crippen LogP contribution in [0.25, 0.3) is 0 Å². The van der Waals surface area contributed by atoms with Gasteiger partial charge in [0.15, 0.2) is 34.6 Å². The number of benzene rings is 2. The van der Waals surface area contributed by atoms with Gasteiger partial charge in [0, 0.05) is 11.8 Å². The van der Waals surface area contributed by atoms with E-state index >= 15 is 0 Å². The maximum Gasteiger partial charge on any atom is 0.302 e. The lowest BCUT2D eigenvalue weighted by molar-refractivity contribution is 0.141. The van der Waals surface area contributed by atoms with Gasteiger partial charge in [0.05, 0.1) is 20.8 Å². The van der Waals surface area contributed by atoms with Crippen LogP contribution in [0.15, 0.2) is 29.1 Å². The number of alkyl halides is 2. The zero-order chi connectivity index (χ0) is 25.6. The van der Waals surface area contributed by atoms with Gasteiger partial charge < -0.3 is 14.8 Å². The van der Waals surface area contributed by atoms with Crippen LogP contribution in [0.5, 0.6) is 11.5 Å². The summed E-state index contributed by atoms with van der Waals surface area (Å²) in [7, 11) is 2.85. The van der Waals surface area contributed by atoms with Crippen LogP contribution in [0.3, 0.4) is 0 Å².